The van der Waals surface area contributed by atoms with Gasteiger partial charge in [0.1, 0.15) is 23.0 Å². The summed E-state index contributed by atoms with van der Waals surface area (Å²) in [4.78, 5) is 29.6. The Morgan fingerprint density at radius 1 is 0.644 bits per heavy atom. The molecule has 0 saturated carbocycles. The molecular weight excluding hydrogens is 735 g/mol. The molecule has 7 nitrogen and oxygen atoms in total. The summed E-state index contributed by atoms with van der Waals surface area (Å²) in [5.74, 6) is 2.57. The standard InChI is InChI=1S/C52H57NO6/c1-6-7-8-9-10-11-12-13-14-15-17-38-46-48-41(31-53-52(48)55)40-30-39(33-22-26-35(57-3)27-23-33)45-42(58-4)28-29-43(59-5)49(45)47(40)50(46)44-36(18-16-19-37(44)51(38)54)32-20-24-34(56-2)25-21-32/h18,20-30,38H,6-17,19,31H2,1-5H3,(H,53,55). The van der Waals surface area contributed by atoms with Crippen LogP contribution in [0.3, 0.4) is 0 Å². The van der Waals surface area contributed by atoms with Crippen molar-refractivity contribution in [3.05, 3.63) is 106 Å². The van der Waals surface area contributed by atoms with Crippen LogP contribution >= 0.6 is 0 Å². The molecule has 0 spiro atoms. The molecule has 59 heavy (non-hydrogen) atoms. The van der Waals surface area contributed by atoms with Gasteiger partial charge in [0, 0.05) is 39.8 Å². The van der Waals surface area contributed by atoms with Crippen LogP contribution in [0.5, 0.6) is 23.0 Å². The molecule has 8 rings (SSSR count). The molecule has 5 aromatic carbocycles. The van der Waals surface area contributed by atoms with Gasteiger partial charge in [-0.2, -0.15) is 0 Å². The lowest BCUT2D eigenvalue weighted by Gasteiger charge is -2.35. The molecule has 0 aromatic heterocycles. The van der Waals surface area contributed by atoms with Gasteiger partial charge in [-0.1, -0.05) is 101 Å². The molecule has 0 fully saturated rings. The van der Waals surface area contributed by atoms with E-state index in [-0.39, 0.29) is 11.7 Å². The fraction of sp³-hybridized carbons (Fsp3) is 0.385. The van der Waals surface area contributed by atoms with E-state index in [2.05, 4.69) is 48.6 Å². The number of ether oxygens (including phenoxy) is 4. The van der Waals surface area contributed by atoms with Crippen LogP contribution in [0.25, 0.3) is 43.8 Å². The van der Waals surface area contributed by atoms with Gasteiger partial charge in [-0.05, 0) is 112 Å². The lowest BCUT2D eigenvalue weighted by molar-refractivity contribution is -0.117. The Morgan fingerprint density at radius 3 is 1.85 bits per heavy atom. The number of Topliss-reactive ketones (excluding diaryl/α,β-unsaturated/α-hetero) is 1. The molecular formula is C52H57NO6. The zero-order valence-electron chi connectivity index (χ0n) is 35.4. The van der Waals surface area contributed by atoms with Gasteiger partial charge in [0.05, 0.1) is 28.4 Å². The van der Waals surface area contributed by atoms with E-state index in [1.807, 2.05) is 36.4 Å². The normalized spacial score (nSPS) is 15.8. The zero-order valence-corrected chi connectivity index (χ0v) is 35.4. The van der Waals surface area contributed by atoms with E-state index in [0.29, 0.717) is 30.7 Å². The lowest BCUT2D eigenvalue weighted by atomic mass is 9.66. The molecule has 0 saturated heterocycles. The minimum absolute atomic E-state index is 0.113. The minimum atomic E-state index is -0.428. The van der Waals surface area contributed by atoms with E-state index in [1.54, 1.807) is 28.4 Å². The molecule has 306 valence electrons. The molecule has 1 aliphatic heterocycles. The van der Waals surface area contributed by atoms with E-state index < -0.39 is 5.92 Å². The third-order valence-corrected chi connectivity index (χ3v) is 12.9. The van der Waals surface area contributed by atoms with Gasteiger partial charge in [0.15, 0.2) is 5.78 Å². The van der Waals surface area contributed by atoms with Crippen molar-refractivity contribution in [2.45, 2.75) is 103 Å². The molecule has 3 aliphatic rings. The molecule has 0 radical (unpaired) electrons. The van der Waals surface area contributed by atoms with Gasteiger partial charge in [0.2, 0.25) is 0 Å². The summed E-state index contributed by atoms with van der Waals surface area (Å²) in [6.07, 6.45) is 16.6. The fourth-order valence-corrected chi connectivity index (χ4v) is 9.97. The first-order valence-corrected chi connectivity index (χ1v) is 21.7. The van der Waals surface area contributed by atoms with E-state index in [9.17, 15) is 4.79 Å². The number of carbonyl (C=O) groups is 2. The number of rotatable bonds is 17. The average molecular weight is 792 g/mol. The van der Waals surface area contributed by atoms with Crippen molar-refractivity contribution in [3.63, 3.8) is 0 Å². The van der Waals surface area contributed by atoms with Crippen LogP contribution in [0.1, 0.15) is 129 Å². The number of carbonyl (C=O) groups excluding carboxylic acids is 2. The van der Waals surface area contributed by atoms with Crippen molar-refractivity contribution in [3.8, 4) is 34.1 Å². The predicted molar refractivity (Wildman–Crippen MR) is 239 cm³/mol. The highest BCUT2D eigenvalue weighted by Crippen LogP contribution is 2.56. The van der Waals surface area contributed by atoms with Gasteiger partial charge < -0.3 is 24.3 Å². The van der Waals surface area contributed by atoms with Gasteiger partial charge in [-0.25, -0.2) is 0 Å². The van der Waals surface area contributed by atoms with Crippen LogP contribution in [-0.2, 0) is 11.3 Å². The SMILES string of the molecule is CCCCCCCCCCCCC1C(=O)C2=C(C(c3ccc(OC)cc3)=CCC2)c2c1c1c(c3cc(-c4ccc(OC)cc4)c4c(OC)ccc(OC)c4c23)CNC1=O. The highest BCUT2D eigenvalue weighted by molar-refractivity contribution is 6.31. The fourth-order valence-electron chi connectivity index (χ4n) is 9.97. The van der Waals surface area contributed by atoms with Crippen LogP contribution in [0.2, 0.25) is 0 Å². The van der Waals surface area contributed by atoms with Crippen molar-refractivity contribution in [1.29, 1.82) is 0 Å². The Balaban J connectivity index is 1.37. The Bertz CT molecular complexity index is 2460. The summed E-state index contributed by atoms with van der Waals surface area (Å²) in [6, 6.07) is 22.3. The van der Waals surface area contributed by atoms with Crippen LogP contribution in [0, 0.1) is 0 Å². The van der Waals surface area contributed by atoms with Crippen molar-refractivity contribution in [2.24, 2.45) is 0 Å². The number of nitrogens with one attached hydrogen (secondary N) is 1. The van der Waals surface area contributed by atoms with E-state index >= 15 is 4.79 Å². The number of methoxy groups -OCH3 is 4. The highest BCUT2D eigenvalue weighted by atomic mass is 16.5. The number of benzene rings is 5. The molecule has 1 amide bonds. The van der Waals surface area contributed by atoms with Gasteiger partial charge in [-0.15, -0.1) is 0 Å². The number of hydrogen-bond donors (Lipinski definition) is 1. The third-order valence-electron chi connectivity index (χ3n) is 12.9. The van der Waals surface area contributed by atoms with Crippen LogP contribution in [-0.4, -0.2) is 40.1 Å². The first-order valence-electron chi connectivity index (χ1n) is 21.7. The Hall–Kier alpha value is -5.56. The minimum Gasteiger partial charge on any atom is -0.497 e. The lowest BCUT2D eigenvalue weighted by Crippen LogP contribution is -2.27. The number of ketones is 1. The van der Waals surface area contributed by atoms with Crippen molar-refractivity contribution in [1.82, 2.24) is 5.32 Å². The van der Waals surface area contributed by atoms with Gasteiger partial charge >= 0.3 is 0 Å². The monoisotopic (exact) mass is 791 g/mol. The number of hydrogen-bond acceptors (Lipinski definition) is 6. The van der Waals surface area contributed by atoms with Gasteiger partial charge in [-0.3, -0.25) is 9.59 Å². The number of fused-ring (bicyclic) bond motifs is 9. The van der Waals surface area contributed by atoms with Crippen molar-refractivity contribution < 1.29 is 28.5 Å². The molecule has 5 aromatic rings. The highest BCUT2D eigenvalue weighted by Gasteiger charge is 2.43. The maximum absolute atomic E-state index is 15.2. The van der Waals surface area contributed by atoms with E-state index in [4.69, 9.17) is 18.9 Å². The zero-order chi connectivity index (χ0) is 41.0. The number of allylic oxidation sites excluding steroid dienone is 4. The summed E-state index contributed by atoms with van der Waals surface area (Å²) in [5.41, 5.74) is 9.18. The van der Waals surface area contributed by atoms with Crippen LogP contribution in [0.15, 0.2) is 78.4 Å². The second kappa shape index (κ2) is 17.7. The smallest absolute Gasteiger partial charge is 0.252 e. The summed E-state index contributed by atoms with van der Waals surface area (Å²) < 4.78 is 23.6. The maximum atomic E-state index is 15.2. The maximum Gasteiger partial charge on any atom is 0.252 e. The molecule has 7 heteroatoms. The number of unbranched alkanes of at least 4 members (excludes halogenated alkanes) is 9. The summed E-state index contributed by atoms with van der Waals surface area (Å²) >= 11 is 0. The van der Waals surface area contributed by atoms with Crippen molar-refractivity contribution in [2.75, 3.05) is 28.4 Å². The van der Waals surface area contributed by atoms with Crippen LogP contribution < -0.4 is 24.3 Å². The first kappa shape index (κ1) is 40.2. The van der Waals surface area contributed by atoms with E-state index in [1.165, 1.54) is 44.9 Å². The molecule has 2 aliphatic carbocycles. The molecule has 1 heterocycles. The van der Waals surface area contributed by atoms with Crippen molar-refractivity contribution >= 4 is 44.4 Å². The average Bonchev–Trinajstić information content (AvgIpc) is 3.67. The second-order valence-electron chi connectivity index (χ2n) is 16.2. The summed E-state index contributed by atoms with van der Waals surface area (Å²) in [6.45, 7) is 2.64. The molecule has 0 bridgehead atoms. The first-order chi connectivity index (χ1) is 28.9. The summed E-state index contributed by atoms with van der Waals surface area (Å²) in [7, 11) is 6.76. The topological polar surface area (TPSA) is 83.1 Å². The van der Waals surface area contributed by atoms with E-state index in [0.717, 1.165) is 115 Å². The van der Waals surface area contributed by atoms with Crippen LogP contribution in [0.4, 0.5) is 0 Å². The predicted octanol–water partition coefficient (Wildman–Crippen LogP) is 12.5. The molecule has 1 atom stereocenters. The van der Waals surface area contributed by atoms with Gasteiger partial charge in [0.25, 0.3) is 5.91 Å². The molecule has 1 unspecified atom stereocenters. The Morgan fingerprint density at radius 2 is 1.24 bits per heavy atom. The Kier molecular flexibility index (Phi) is 12.1. The summed E-state index contributed by atoms with van der Waals surface area (Å²) in [5, 5.41) is 7.00. The largest absolute Gasteiger partial charge is 0.497 e. The Labute approximate surface area is 348 Å². The second-order valence-corrected chi connectivity index (χ2v) is 16.2. The molecule has 1 N–H and O–H groups in total. The quantitative estimate of drug-likeness (QED) is 0.0746. The third kappa shape index (κ3) is 7.38. The number of amides is 1.